The van der Waals surface area contributed by atoms with Gasteiger partial charge in [0.2, 0.25) is 5.91 Å². The molecule has 0 aromatic heterocycles. The lowest BCUT2D eigenvalue weighted by Gasteiger charge is -2.13. The summed E-state index contributed by atoms with van der Waals surface area (Å²) in [6.07, 6.45) is -0.238. The molecule has 2 aromatic rings. The number of carboxylic acids is 1. The average Bonchev–Trinajstić information content (AvgIpc) is 2.61. The molecule has 2 rings (SSSR count). The SMILES string of the molecule is O=C(CC(NCCO)C(=O)O)Nc1ccc(Oc2ccccc2)cc1. The Morgan fingerprint density at radius 1 is 1.00 bits per heavy atom. The first-order valence-corrected chi connectivity index (χ1v) is 7.78. The molecule has 2 aromatic carbocycles. The van der Waals surface area contributed by atoms with Crippen molar-refractivity contribution in [2.75, 3.05) is 18.5 Å². The van der Waals surface area contributed by atoms with Crippen molar-refractivity contribution < 1.29 is 24.5 Å². The zero-order valence-corrected chi connectivity index (χ0v) is 13.5. The summed E-state index contributed by atoms with van der Waals surface area (Å²) in [4.78, 5) is 23.0. The minimum absolute atomic E-state index is 0.107. The van der Waals surface area contributed by atoms with E-state index in [2.05, 4.69) is 10.6 Å². The molecule has 1 amide bonds. The van der Waals surface area contributed by atoms with Crippen LogP contribution < -0.4 is 15.4 Å². The van der Waals surface area contributed by atoms with Crippen molar-refractivity contribution in [1.29, 1.82) is 0 Å². The van der Waals surface area contributed by atoms with Crippen molar-refractivity contribution in [3.63, 3.8) is 0 Å². The molecule has 0 fully saturated rings. The van der Waals surface area contributed by atoms with E-state index in [4.69, 9.17) is 14.9 Å². The second kappa shape index (κ2) is 9.41. The van der Waals surface area contributed by atoms with E-state index in [9.17, 15) is 9.59 Å². The standard InChI is InChI=1S/C18H20N2O5/c21-11-10-19-16(18(23)24)12-17(22)20-13-6-8-15(9-7-13)25-14-4-2-1-3-5-14/h1-9,16,19,21H,10-12H2,(H,20,22)(H,23,24). The number of ether oxygens (including phenoxy) is 1. The van der Waals surface area contributed by atoms with Gasteiger partial charge in [-0.3, -0.25) is 9.59 Å². The van der Waals surface area contributed by atoms with Crippen molar-refractivity contribution in [3.05, 3.63) is 54.6 Å². The number of carbonyl (C=O) groups excluding carboxylic acids is 1. The van der Waals surface area contributed by atoms with Crippen LogP contribution >= 0.6 is 0 Å². The molecular weight excluding hydrogens is 324 g/mol. The van der Waals surface area contributed by atoms with Gasteiger partial charge in [-0.05, 0) is 36.4 Å². The number of anilines is 1. The maximum absolute atomic E-state index is 12.0. The van der Waals surface area contributed by atoms with Gasteiger partial charge in [0.25, 0.3) is 0 Å². The molecule has 0 saturated carbocycles. The minimum Gasteiger partial charge on any atom is -0.480 e. The third-order valence-corrected chi connectivity index (χ3v) is 3.31. The van der Waals surface area contributed by atoms with E-state index in [-0.39, 0.29) is 19.6 Å². The number of nitrogens with one attached hydrogen (secondary N) is 2. The van der Waals surface area contributed by atoms with Gasteiger partial charge in [-0.2, -0.15) is 0 Å². The highest BCUT2D eigenvalue weighted by Gasteiger charge is 2.20. The lowest BCUT2D eigenvalue weighted by molar-refractivity contribution is -0.141. The molecule has 25 heavy (non-hydrogen) atoms. The lowest BCUT2D eigenvalue weighted by atomic mass is 10.2. The zero-order valence-electron chi connectivity index (χ0n) is 13.5. The molecule has 0 heterocycles. The summed E-state index contributed by atoms with van der Waals surface area (Å²) < 4.78 is 5.65. The molecule has 0 bridgehead atoms. The summed E-state index contributed by atoms with van der Waals surface area (Å²) in [5.41, 5.74) is 0.539. The van der Waals surface area contributed by atoms with Gasteiger partial charge in [-0.1, -0.05) is 18.2 Å². The monoisotopic (exact) mass is 344 g/mol. The summed E-state index contributed by atoms with van der Waals surface area (Å²) in [6, 6.07) is 15.0. The number of carbonyl (C=O) groups is 2. The summed E-state index contributed by atoms with van der Waals surface area (Å²) >= 11 is 0. The van der Waals surface area contributed by atoms with E-state index >= 15 is 0 Å². The first-order valence-electron chi connectivity index (χ1n) is 7.78. The van der Waals surface area contributed by atoms with E-state index in [0.717, 1.165) is 0 Å². The first kappa shape index (κ1) is 18.4. The number of benzene rings is 2. The van der Waals surface area contributed by atoms with E-state index in [1.807, 2.05) is 30.3 Å². The van der Waals surface area contributed by atoms with Gasteiger partial charge in [0, 0.05) is 12.2 Å². The van der Waals surface area contributed by atoms with Crippen molar-refractivity contribution >= 4 is 17.6 Å². The summed E-state index contributed by atoms with van der Waals surface area (Å²) in [5.74, 6) is -0.249. The quantitative estimate of drug-likeness (QED) is 0.553. The largest absolute Gasteiger partial charge is 0.480 e. The Hall–Kier alpha value is -2.90. The van der Waals surface area contributed by atoms with Crippen molar-refractivity contribution in [3.8, 4) is 11.5 Å². The number of amides is 1. The van der Waals surface area contributed by atoms with Gasteiger partial charge in [0.15, 0.2) is 0 Å². The number of rotatable bonds is 9. The first-order chi connectivity index (χ1) is 12.1. The average molecular weight is 344 g/mol. The van der Waals surface area contributed by atoms with Crippen LogP contribution in [0, 0.1) is 0 Å². The summed E-state index contributed by atoms with van der Waals surface area (Å²) in [5, 5.41) is 23.0. The van der Waals surface area contributed by atoms with Crippen LogP contribution in [0.2, 0.25) is 0 Å². The van der Waals surface area contributed by atoms with Gasteiger partial charge in [-0.15, -0.1) is 0 Å². The Morgan fingerprint density at radius 2 is 1.64 bits per heavy atom. The summed E-state index contributed by atoms with van der Waals surface area (Å²) in [7, 11) is 0. The Balaban J connectivity index is 1.89. The van der Waals surface area contributed by atoms with Crippen LogP contribution in [0.4, 0.5) is 5.69 Å². The Morgan fingerprint density at radius 3 is 2.24 bits per heavy atom. The molecule has 0 aliphatic heterocycles. The van der Waals surface area contributed by atoms with Gasteiger partial charge < -0.3 is 25.6 Å². The fraction of sp³-hybridized carbons (Fsp3) is 0.222. The number of hydrogen-bond donors (Lipinski definition) is 4. The van der Waals surface area contributed by atoms with Crippen LogP contribution in [0.3, 0.4) is 0 Å². The molecule has 0 aliphatic carbocycles. The van der Waals surface area contributed by atoms with Crippen LogP contribution in [0.5, 0.6) is 11.5 Å². The predicted molar refractivity (Wildman–Crippen MR) is 92.7 cm³/mol. The predicted octanol–water partition coefficient (Wildman–Crippen LogP) is 1.84. The van der Waals surface area contributed by atoms with Gasteiger partial charge >= 0.3 is 5.97 Å². The second-order valence-corrected chi connectivity index (χ2v) is 5.26. The van der Waals surface area contributed by atoms with Crippen molar-refractivity contribution in [1.82, 2.24) is 5.32 Å². The van der Waals surface area contributed by atoms with Gasteiger partial charge in [0.1, 0.15) is 17.5 Å². The molecule has 1 atom stereocenters. The minimum atomic E-state index is -1.14. The number of hydrogen-bond acceptors (Lipinski definition) is 5. The second-order valence-electron chi connectivity index (χ2n) is 5.26. The number of carboxylic acid groups (broad SMARTS) is 1. The van der Waals surface area contributed by atoms with Crippen LogP contribution in [-0.4, -0.2) is 41.3 Å². The molecule has 0 spiro atoms. The third-order valence-electron chi connectivity index (χ3n) is 3.31. The van der Waals surface area contributed by atoms with Crippen LogP contribution in [-0.2, 0) is 9.59 Å². The Kier molecular flexibility index (Phi) is 6.94. The summed E-state index contributed by atoms with van der Waals surface area (Å²) in [6.45, 7) is -0.0932. The zero-order chi connectivity index (χ0) is 18.1. The molecule has 7 nitrogen and oxygen atoms in total. The molecule has 4 N–H and O–H groups in total. The topological polar surface area (TPSA) is 108 Å². The van der Waals surface area contributed by atoms with Gasteiger partial charge in [0.05, 0.1) is 13.0 Å². The molecule has 1 unspecified atom stereocenters. The molecular formula is C18H20N2O5. The molecule has 0 aliphatic rings. The number of aliphatic carboxylic acids is 1. The maximum atomic E-state index is 12.0. The molecule has 7 heteroatoms. The van der Waals surface area contributed by atoms with Crippen molar-refractivity contribution in [2.24, 2.45) is 0 Å². The number of aliphatic hydroxyl groups excluding tert-OH is 1. The molecule has 0 saturated heterocycles. The Labute approximate surface area is 145 Å². The van der Waals surface area contributed by atoms with Crippen molar-refractivity contribution in [2.45, 2.75) is 12.5 Å². The third kappa shape index (κ3) is 6.25. The van der Waals surface area contributed by atoms with Crippen LogP contribution in [0.15, 0.2) is 54.6 Å². The highest BCUT2D eigenvalue weighted by molar-refractivity contribution is 5.94. The van der Waals surface area contributed by atoms with Crippen LogP contribution in [0.1, 0.15) is 6.42 Å². The Bertz CT molecular complexity index is 688. The smallest absolute Gasteiger partial charge is 0.321 e. The fourth-order valence-corrected chi connectivity index (χ4v) is 2.11. The fourth-order valence-electron chi connectivity index (χ4n) is 2.11. The van der Waals surface area contributed by atoms with Crippen LogP contribution in [0.25, 0.3) is 0 Å². The molecule has 132 valence electrons. The molecule has 0 radical (unpaired) electrons. The normalized spacial score (nSPS) is 11.6. The lowest BCUT2D eigenvalue weighted by Crippen LogP contribution is -2.41. The van der Waals surface area contributed by atoms with E-state index in [1.165, 1.54) is 0 Å². The van der Waals surface area contributed by atoms with Gasteiger partial charge in [-0.25, -0.2) is 0 Å². The number of para-hydroxylation sites is 1. The maximum Gasteiger partial charge on any atom is 0.321 e. The number of aliphatic hydroxyl groups is 1. The van der Waals surface area contributed by atoms with E-state index in [1.54, 1.807) is 24.3 Å². The highest BCUT2D eigenvalue weighted by atomic mass is 16.5. The highest BCUT2D eigenvalue weighted by Crippen LogP contribution is 2.22. The van der Waals surface area contributed by atoms with E-state index in [0.29, 0.717) is 17.2 Å². The van der Waals surface area contributed by atoms with E-state index < -0.39 is 17.9 Å².